The van der Waals surface area contributed by atoms with Gasteiger partial charge in [-0.25, -0.2) is 19.0 Å². The number of hydrogen-bond acceptors (Lipinski definition) is 6. The van der Waals surface area contributed by atoms with Gasteiger partial charge in [-0.2, -0.15) is 10.1 Å². The third-order valence-corrected chi connectivity index (χ3v) is 2.32. The third kappa shape index (κ3) is 3.28. The number of nitrogens with one attached hydrogen (secondary N) is 2. The average Bonchev–Trinajstić information content (AvgIpc) is 3.00. The second kappa shape index (κ2) is 5.77. The van der Waals surface area contributed by atoms with Crippen molar-refractivity contribution < 1.29 is 14.7 Å². The summed E-state index contributed by atoms with van der Waals surface area (Å²) in [6.45, 7) is 0.554. The van der Waals surface area contributed by atoms with Crippen molar-refractivity contribution in [1.82, 2.24) is 35.1 Å². The van der Waals surface area contributed by atoms with Crippen LogP contribution < -0.4 is 10.6 Å². The number of anilines is 1. The molecule has 11 heteroatoms. The standard InChI is InChI=1S/C9H12N8O3/c1-16-8(11-5-12-16)13-9(20)10-2-3-17-4-6(7(18)19)14-15-17/h4-5H,2-3H2,1H3,(H,18,19)(H2,10,11,12,13,20). The summed E-state index contributed by atoms with van der Waals surface area (Å²) in [5, 5.41) is 24.6. The number of carbonyl (C=O) groups is 2. The molecule has 2 amide bonds. The number of carbonyl (C=O) groups excluding carboxylic acids is 1. The van der Waals surface area contributed by atoms with Gasteiger partial charge in [-0.15, -0.1) is 5.10 Å². The first-order valence-electron chi connectivity index (χ1n) is 5.58. The van der Waals surface area contributed by atoms with Crippen molar-refractivity contribution in [3.8, 4) is 0 Å². The summed E-state index contributed by atoms with van der Waals surface area (Å²) in [7, 11) is 1.64. The van der Waals surface area contributed by atoms with Gasteiger partial charge in [0.15, 0.2) is 5.69 Å². The van der Waals surface area contributed by atoms with Crippen LogP contribution in [0.3, 0.4) is 0 Å². The Morgan fingerprint density at radius 2 is 2.25 bits per heavy atom. The van der Waals surface area contributed by atoms with Crippen molar-refractivity contribution in [1.29, 1.82) is 0 Å². The topological polar surface area (TPSA) is 140 Å². The zero-order valence-electron chi connectivity index (χ0n) is 10.5. The van der Waals surface area contributed by atoms with Gasteiger partial charge in [0.2, 0.25) is 5.95 Å². The lowest BCUT2D eigenvalue weighted by Gasteiger charge is -2.06. The van der Waals surface area contributed by atoms with E-state index in [0.717, 1.165) is 0 Å². The first-order chi connectivity index (χ1) is 9.56. The van der Waals surface area contributed by atoms with Crippen LogP contribution in [-0.2, 0) is 13.6 Å². The van der Waals surface area contributed by atoms with E-state index in [1.54, 1.807) is 7.05 Å². The highest BCUT2D eigenvalue weighted by atomic mass is 16.4. The van der Waals surface area contributed by atoms with E-state index in [-0.39, 0.29) is 12.2 Å². The maximum Gasteiger partial charge on any atom is 0.358 e. The normalized spacial score (nSPS) is 10.2. The molecule has 0 unspecified atom stereocenters. The van der Waals surface area contributed by atoms with Crippen LogP contribution in [0.4, 0.5) is 10.7 Å². The van der Waals surface area contributed by atoms with E-state index in [4.69, 9.17) is 5.11 Å². The molecule has 2 aromatic heterocycles. The first-order valence-corrected chi connectivity index (χ1v) is 5.58. The van der Waals surface area contributed by atoms with Crippen molar-refractivity contribution in [3.05, 3.63) is 18.2 Å². The van der Waals surface area contributed by atoms with Crippen molar-refractivity contribution >= 4 is 17.9 Å². The largest absolute Gasteiger partial charge is 0.476 e. The number of aryl methyl sites for hydroxylation is 1. The van der Waals surface area contributed by atoms with E-state index in [1.165, 1.54) is 21.9 Å². The van der Waals surface area contributed by atoms with Crippen molar-refractivity contribution in [2.75, 3.05) is 11.9 Å². The maximum atomic E-state index is 11.5. The van der Waals surface area contributed by atoms with Gasteiger partial charge in [0.05, 0.1) is 12.7 Å². The second-order valence-electron chi connectivity index (χ2n) is 3.76. The van der Waals surface area contributed by atoms with E-state index in [9.17, 15) is 9.59 Å². The number of amides is 2. The van der Waals surface area contributed by atoms with E-state index < -0.39 is 12.0 Å². The molecular weight excluding hydrogens is 268 g/mol. The first kappa shape index (κ1) is 13.5. The van der Waals surface area contributed by atoms with Gasteiger partial charge in [0.1, 0.15) is 6.33 Å². The van der Waals surface area contributed by atoms with Crippen LogP contribution in [0.25, 0.3) is 0 Å². The number of aromatic nitrogens is 6. The molecule has 0 bridgehead atoms. The van der Waals surface area contributed by atoms with Crippen LogP contribution in [0.5, 0.6) is 0 Å². The molecule has 0 aliphatic carbocycles. The Balaban J connectivity index is 1.76. The van der Waals surface area contributed by atoms with Gasteiger partial charge < -0.3 is 10.4 Å². The van der Waals surface area contributed by atoms with Gasteiger partial charge in [0.25, 0.3) is 0 Å². The summed E-state index contributed by atoms with van der Waals surface area (Å²) in [5.74, 6) is -0.833. The SMILES string of the molecule is Cn1ncnc1NC(=O)NCCn1cc(C(=O)O)nn1. The summed E-state index contributed by atoms with van der Waals surface area (Å²) >= 11 is 0. The van der Waals surface area contributed by atoms with E-state index in [0.29, 0.717) is 12.5 Å². The average molecular weight is 280 g/mol. The highest BCUT2D eigenvalue weighted by molar-refractivity contribution is 5.87. The summed E-state index contributed by atoms with van der Waals surface area (Å²) in [6.07, 6.45) is 2.60. The molecule has 2 aromatic rings. The van der Waals surface area contributed by atoms with Crippen molar-refractivity contribution in [2.24, 2.45) is 7.05 Å². The predicted octanol–water partition coefficient (Wildman–Crippen LogP) is -1.07. The Morgan fingerprint density at radius 3 is 2.85 bits per heavy atom. The molecule has 0 aromatic carbocycles. The lowest BCUT2D eigenvalue weighted by atomic mass is 10.5. The quantitative estimate of drug-likeness (QED) is 0.633. The third-order valence-electron chi connectivity index (χ3n) is 2.32. The zero-order chi connectivity index (χ0) is 14.5. The lowest BCUT2D eigenvalue weighted by molar-refractivity contribution is 0.0690. The van der Waals surface area contributed by atoms with Crippen molar-refractivity contribution in [2.45, 2.75) is 6.54 Å². The van der Waals surface area contributed by atoms with Gasteiger partial charge in [-0.1, -0.05) is 5.21 Å². The summed E-state index contributed by atoms with van der Waals surface area (Å²) in [6, 6.07) is -0.445. The Kier molecular flexibility index (Phi) is 3.88. The molecule has 0 radical (unpaired) electrons. The number of carboxylic acid groups (broad SMARTS) is 1. The molecule has 3 N–H and O–H groups in total. The molecule has 0 aliphatic rings. The van der Waals surface area contributed by atoms with Crippen LogP contribution in [0.15, 0.2) is 12.5 Å². The fraction of sp³-hybridized carbons (Fsp3) is 0.333. The highest BCUT2D eigenvalue weighted by Gasteiger charge is 2.09. The fourth-order valence-corrected chi connectivity index (χ4v) is 1.34. The van der Waals surface area contributed by atoms with Crippen molar-refractivity contribution in [3.63, 3.8) is 0 Å². The summed E-state index contributed by atoms with van der Waals surface area (Å²) in [4.78, 5) is 26.0. The molecule has 2 rings (SSSR count). The number of aromatic carboxylic acids is 1. The lowest BCUT2D eigenvalue weighted by Crippen LogP contribution is -2.32. The molecule has 20 heavy (non-hydrogen) atoms. The van der Waals surface area contributed by atoms with Gasteiger partial charge in [-0.05, 0) is 0 Å². The minimum atomic E-state index is -1.15. The number of rotatable bonds is 5. The number of nitrogens with zero attached hydrogens (tertiary/aromatic N) is 6. The molecule has 0 spiro atoms. The van der Waals surface area contributed by atoms with Crippen LogP contribution in [-0.4, -0.2) is 53.4 Å². The monoisotopic (exact) mass is 280 g/mol. The molecular formula is C9H12N8O3. The fourth-order valence-electron chi connectivity index (χ4n) is 1.34. The predicted molar refractivity (Wildman–Crippen MR) is 65.0 cm³/mol. The van der Waals surface area contributed by atoms with E-state index >= 15 is 0 Å². The Morgan fingerprint density at radius 1 is 1.45 bits per heavy atom. The number of urea groups is 1. The minimum Gasteiger partial charge on any atom is -0.476 e. The summed E-state index contributed by atoms with van der Waals surface area (Å²) in [5.41, 5.74) is -0.145. The molecule has 0 atom stereocenters. The van der Waals surface area contributed by atoms with Crippen LogP contribution in [0, 0.1) is 0 Å². The molecule has 2 heterocycles. The van der Waals surface area contributed by atoms with Crippen LogP contribution in [0.1, 0.15) is 10.5 Å². The smallest absolute Gasteiger partial charge is 0.358 e. The zero-order valence-corrected chi connectivity index (χ0v) is 10.5. The van der Waals surface area contributed by atoms with Gasteiger partial charge in [-0.3, -0.25) is 5.32 Å². The highest BCUT2D eigenvalue weighted by Crippen LogP contribution is 1.96. The molecule has 0 fully saturated rings. The Labute approximate surface area is 112 Å². The molecule has 0 aliphatic heterocycles. The minimum absolute atomic E-state index is 0.145. The molecule has 11 nitrogen and oxygen atoms in total. The van der Waals surface area contributed by atoms with E-state index in [2.05, 4.69) is 31.0 Å². The van der Waals surface area contributed by atoms with Gasteiger partial charge >= 0.3 is 12.0 Å². The van der Waals surface area contributed by atoms with Crippen LogP contribution >= 0.6 is 0 Å². The second-order valence-corrected chi connectivity index (χ2v) is 3.76. The maximum absolute atomic E-state index is 11.5. The molecule has 106 valence electrons. The Bertz CT molecular complexity index is 618. The summed E-state index contributed by atoms with van der Waals surface area (Å²) < 4.78 is 2.74. The van der Waals surface area contributed by atoms with Crippen LogP contribution in [0.2, 0.25) is 0 Å². The molecule has 0 saturated carbocycles. The van der Waals surface area contributed by atoms with E-state index in [1.807, 2.05) is 0 Å². The van der Waals surface area contributed by atoms with Gasteiger partial charge in [0, 0.05) is 13.6 Å². The Hall–Kier alpha value is -2.98. The number of carboxylic acids is 1. The number of hydrogen-bond donors (Lipinski definition) is 3. The molecule has 0 saturated heterocycles.